The van der Waals surface area contributed by atoms with Gasteiger partial charge in [-0.2, -0.15) is 0 Å². The van der Waals surface area contributed by atoms with Gasteiger partial charge in [0.25, 0.3) is 5.91 Å². The van der Waals surface area contributed by atoms with E-state index in [1.165, 1.54) is 9.60 Å². The van der Waals surface area contributed by atoms with Gasteiger partial charge in [-0.1, -0.05) is 18.2 Å². The molecule has 2 aromatic rings. The van der Waals surface area contributed by atoms with Gasteiger partial charge >= 0.3 is 6.03 Å². The molecular weight excluding hydrogens is 300 g/mol. The highest BCUT2D eigenvalue weighted by molar-refractivity contribution is 7.19. The zero-order valence-corrected chi connectivity index (χ0v) is 12.8. The molecule has 2 saturated heterocycles. The lowest BCUT2D eigenvalue weighted by Crippen LogP contribution is -2.50. The molecule has 1 spiro atoms. The summed E-state index contributed by atoms with van der Waals surface area (Å²) in [5.74, 6) is -0.113. The first kappa shape index (κ1) is 13.7. The standard InChI is InChI=1S/C16H16N2O3S/c19-14-16(5-7-21-8-6-16)17-15(20)18(14)10-12-9-11-3-1-2-4-13(11)22-12/h1-4,9H,5-8,10H2,(H,17,20). The predicted octanol–water partition coefficient (Wildman–Crippen LogP) is 2.50. The molecule has 0 unspecified atom stereocenters. The average molecular weight is 316 g/mol. The molecule has 5 nitrogen and oxygen atoms in total. The van der Waals surface area contributed by atoms with Crippen molar-refractivity contribution >= 4 is 33.4 Å². The van der Waals surface area contributed by atoms with Crippen LogP contribution in [0.2, 0.25) is 0 Å². The van der Waals surface area contributed by atoms with Crippen LogP contribution < -0.4 is 5.32 Å². The first-order valence-electron chi connectivity index (χ1n) is 7.37. The second-order valence-corrected chi connectivity index (χ2v) is 6.93. The van der Waals surface area contributed by atoms with Gasteiger partial charge in [-0.3, -0.25) is 9.69 Å². The van der Waals surface area contributed by atoms with Gasteiger partial charge in [-0.25, -0.2) is 4.79 Å². The van der Waals surface area contributed by atoms with E-state index in [-0.39, 0.29) is 11.9 Å². The van der Waals surface area contributed by atoms with E-state index >= 15 is 0 Å². The van der Waals surface area contributed by atoms with Crippen LogP contribution in [0.4, 0.5) is 4.79 Å². The Kier molecular flexibility index (Phi) is 3.16. The maximum Gasteiger partial charge on any atom is 0.325 e. The van der Waals surface area contributed by atoms with Gasteiger partial charge in [-0.15, -0.1) is 11.3 Å². The Labute approximate surface area is 131 Å². The number of ether oxygens (including phenoxy) is 1. The van der Waals surface area contributed by atoms with E-state index in [1.54, 1.807) is 11.3 Å². The Morgan fingerprint density at radius 1 is 1.23 bits per heavy atom. The molecule has 2 aliphatic heterocycles. The maximum atomic E-state index is 12.7. The molecule has 22 heavy (non-hydrogen) atoms. The van der Waals surface area contributed by atoms with Crippen molar-refractivity contribution in [2.75, 3.05) is 13.2 Å². The van der Waals surface area contributed by atoms with E-state index in [0.717, 1.165) is 10.3 Å². The van der Waals surface area contributed by atoms with Crippen LogP contribution in [-0.2, 0) is 16.1 Å². The van der Waals surface area contributed by atoms with Crippen molar-refractivity contribution in [2.45, 2.75) is 24.9 Å². The SMILES string of the molecule is O=C1NC2(CCOCC2)C(=O)N1Cc1cc2ccccc2s1. The second kappa shape index (κ2) is 5.07. The Balaban J connectivity index is 1.59. The minimum absolute atomic E-state index is 0.113. The number of hydrogen-bond acceptors (Lipinski definition) is 4. The molecule has 1 aromatic heterocycles. The van der Waals surface area contributed by atoms with Crippen LogP contribution in [0, 0.1) is 0 Å². The Hall–Kier alpha value is -1.92. The van der Waals surface area contributed by atoms with Gasteiger partial charge in [0.05, 0.1) is 6.54 Å². The van der Waals surface area contributed by atoms with Gasteiger partial charge in [-0.05, 0) is 17.5 Å². The van der Waals surface area contributed by atoms with E-state index in [2.05, 4.69) is 17.4 Å². The molecule has 3 heterocycles. The lowest BCUT2D eigenvalue weighted by atomic mass is 9.90. The smallest absolute Gasteiger partial charge is 0.325 e. The van der Waals surface area contributed by atoms with Crippen LogP contribution in [0.1, 0.15) is 17.7 Å². The molecule has 6 heteroatoms. The summed E-state index contributed by atoms with van der Waals surface area (Å²) in [4.78, 5) is 27.3. The van der Waals surface area contributed by atoms with Crippen molar-refractivity contribution < 1.29 is 14.3 Å². The second-order valence-electron chi connectivity index (χ2n) is 5.77. The average Bonchev–Trinajstić information content (AvgIpc) is 3.03. The highest BCUT2D eigenvalue weighted by atomic mass is 32.1. The largest absolute Gasteiger partial charge is 0.381 e. The number of rotatable bonds is 2. The van der Waals surface area contributed by atoms with Crippen LogP contribution in [0.5, 0.6) is 0 Å². The van der Waals surface area contributed by atoms with Gasteiger partial charge < -0.3 is 10.1 Å². The molecule has 114 valence electrons. The minimum atomic E-state index is -0.744. The lowest BCUT2D eigenvalue weighted by molar-refractivity contribution is -0.134. The lowest BCUT2D eigenvalue weighted by Gasteiger charge is -2.30. The number of fused-ring (bicyclic) bond motifs is 1. The summed E-state index contributed by atoms with van der Waals surface area (Å²) in [5.41, 5.74) is -0.744. The number of nitrogens with zero attached hydrogens (tertiary/aromatic N) is 1. The molecule has 3 amide bonds. The number of carbonyl (C=O) groups is 2. The maximum absolute atomic E-state index is 12.7. The first-order chi connectivity index (χ1) is 10.7. The van der Waals surface area contributed by atoms with Crippen molar-refractivity contribution in [2.24, 2.45) is 0 Å². The van der Waals surface area contributed by atoms with Crippen molar-refractivity contribution in [3.05, 3.63) is 35.2 Å². The van der Waals surface area contributed by atoms with Crippen LogP contribution in [0.3, 0.4) is 0 Å². The fraction of sp³-hybridized carbons (Fsp3) is 0.375. The Morgan fingerprint density at radius 2 is 2.00 bits per heavy atom. The molecule has 0 radical (unpaired) electrons. The quantitative estimate of drug-likeness (QED) is 0.866. The van der Waals surface area contributed by atoms with Crippen molar-refractivity contribution in [1.82, 2.24) is 10.2 Å². The topological polar surface area (TPSA) is 58.6 Å². The molecule has 0 bridgehead atoms. The molecule has 0 atom stereocenters. The third kappa shape index (κ3) is 2.10. The fourth-order valence-electron chi connectivity index (χ4n) is 3.15. The van der Waals surface area contributed by atoms with Crippen LogP contribution in [0.25, 0.3) is 10.1 Å². The summed E-state index contributed by atoms with van der Waals surface area (Å²) in [5, 5.41) is 4.03. The number of urea groups is 1. The fourth-order valence-corrected chi connectivity index (χ4v) is 4.20. The van der Waals surface area contributed by atoms with Crippen LogP contribution >= 0.6 is 11.3 Å². The molecule has 0 saturated carbocycles. The number of nitrogens with one attached hydrogen (secondary N) is 1. The number of carbonyl (C=O) groups excluding carboxylic acids is 2. The van der Waals surface area contributed by atoms with Gasteiger partial charge in [0.2, 0.25) is 0 Å². The summed E-state index contributed by atoms with van der Waals surface area (Å²) < 4.78 is 6.48. The zero-order chi connectivity index (χ0) is 15.2. The summed E-state index contributed by atoms with van der Waals surface area (Å²) in [7, 11) is 0. The van der Waals surface area contributed by atoms with Crippen LogP contribution in [0.15, 0.2) is 30.3 Å². The van der Waals surface area contributed by atoms with Crippen molar-refractivity contribution in [3.63, 3.8) is 0 Å². The van der Waals surface area contributed by atoms with E-state index < -0.39 is 5.54 Å². The third-order valence-electron chi connectivity index (χ3n) is 4.38. The predicted molar refractivity (Wildman–Crippen MR) is 83.7 cm³/mol. The monoisotopic (exact) mass is 316 g/mol. The zero-order valence-electron chi connectivity index (χ0n) is 12.0. The van der Waals surface area contributed by atoms with E-state index in [1.807, 2.05) is 18.2 Å². The Morgan fingerprint density at radius 3 is 2.77 bits per heavy atom. The molecule has 1 aromatic carbocycles. The number of imide groups is 1. The summed E-state index contributed by atoms with van der Waals surface area (Å²) in [6.45, 7) is 1.37. The minimum Gasteiger partial charge on any atom is -0.381 e. The first-order valence-corrected chi connectivity index (χ1v) is 8.19. The van der Waals surface area contributed by atoms with Gasteiger partial charge in [0.1, 0.15) is 5.54 Å². The van der Waals surface area contributed by atoms with Gasteiger partial charge in [0, 0.05) is 35.6 Å². The molecule has 2 fully saturated rings. The molecular formula is C16H16N2O3S. The summed E-state index contributed by atoms with van der Waals surface area (Å²) in [6.07, 6.45) is 1.11. The highest BCUT2D eigenvalue weighted by Gasteiger charge is 2.51. The van der Waals surface area contributed by atoms with Gasteiger partial charge in [0.15, 0.2) is 0 Å². The van der Waals surface area contributed by atoms with E-state index in [9.17, 15) is 9.59 Å². The number of thiophene rings is 1. The summed E-state index contributed by atoms with van der Waals surface area (Å²) in [6, 6.07) is 9.84. The molecule has 2 aliphatic rings. The normalized spacial score (nSPS) is 20.8. The van der Waals surface area contributed by atoms with Crippen molar-refractivity contribution in [3.8, 4) is 0 Å². The third-order valence-corrected chi connectivity index (χ3v) is 5.48. The van der Waals surface area contributed by atoms with E-state index in [4.69, 9.17) is 4.74 Å². The van der Waals surface area contributed by atoms with Crippen molar-refractivity contribution in [1.29, 1.82) is 0 Å². The Bertz CT molecular complexity index is 716. The van der Waals surface area contributed by atoms with E-state index in [0.29, 0.717) is 32.6 Å². The molecule has 0 aliphatic carbocycles. The molecule has 4 rings (SSSR count). The summed E-state index contributed by atoms with van der Waals surface area (Å²) >= 11 is 1.62. The molecule has 1 N–H and O–H groups in total. The van der Waals surface area contributed by atoms with Crippen LogP contribution in [-0.4, -0.2) is 35.6 Å². The number of hydrogen-bond donors (Lipinski definition) is 1. The number of benzene rings is 1. The number of amides is 3. The highest BCUT2D eigenvalue weighted by Crippen LogP contribution is 2.32.